The highest BCUT2D eigenvalue weighted by atomic mass is 16.2. The summed E-state index contributed by atoms with van der Waals surface area (Å²) < 4.78 is 2.05. The average Bonchev–Trinajstić information content (AvgIpc) is 3.24. The maximum Gasteiger partial charge on any atom is 0.272 e. The molecule has 1 saturated heterocycles. The van der Waals surface area contributed by atoms with Crippen molar-refractivity contribution < 1.29 is 4.79 Å². The predicted molar refractivity (Wildman–Crippen MR) is 91.8 cm³/mol. The highest BCUT2D eigenvalue weighted by Crippen LogP contribution is 2.41. The van der Waals surface area contributed by atoms with Crippen LogP contribution < -0.4 is 5.32 Å². The van der Waals surface area contributed by atoms with Crippen molar-refractivity contribution in [1.82, 2.24) is 20.0 Å². The smallest absolute Gasteiger partial charge is 0.272 e. The van der Waals surface area contributed by atoms with Gasteiger partial charge in [0.05, 0.1) is 5.54 Å². The molecule has 2 aliphatic rings. The standard InChI is InChI=1S/C18H30N4O/c1-5-21-10-6-7-14(12-21)19-17(23)15-11-16(13-8-9-13)22(20-15)18(2,3)4/h11,13-14H,5-10,12H2,1-4H3,(H,19,23). The monoisotopic (exact) mass is 318 g/mol. The minimum Gasteiger partial charge on any atom is -0.347 e. The van der Waals surface area contributed by atoms with Gasteiger partial charge < -0.3 is 10.2 Å². The number of carbonyl (C=O) groups excluding carboxylic acids is 1. The van der Waals surface area contributed by atoms with Crippen LogP contribution in [-0.2, 0) is 5.54 Å². The Bertz CT molecular complexity index is 568. The molecule has 0 radical (unpaired) electrons. The van der Waals surface area contributed by atoms with E-state index in [-0.39, 0.29) is 17.5 Å². The van der Waals surface area contributed by atoms with E-state index in [1.807, 2.05) is 6.07 Å². The second-order valence-electron chi connectivity index (χ2n) is 8.02. The highest BCUT2D eigenvalue weighted by molar-refractivity contribution is 5.92. The van der Waals surface area contributed by atoms with Gasteiger partial charge in [0.25, 0.3) is 5.91 Å². The number of nitrogens with one attached hydrogen (secondary N) is 1. The molecule has 0 spiro atoms. The van der Waals surface area contributed by atoms with Crippen molar-refractivity contribution in [1.29, 1.82) is 0 Å². The average molecular weight is 318 g/mol. The lowest BCUT2D eigenvalue weighted by Crippen LogP contribution is -2.47. The number of aromatic nitrogens is 2. The zero-order valence-electron chi connectivity index (χ0n) is 14.9. The van der Waals surface area contributed by atoms with Crippen molar-refractivity contribution >= 4 is 5.91 Å². The first-order chi connectivity index (χ1) is 10.9. The fourth-order valence-electron chi connectivity index (χ4n) is 3.43. The van der Waals surface area contributed by atoms with E-state index >= 15 is 0 Å². The summed E-state index contributed by atoms with van der Waals surface area (Å²) in [4.78, 5) is 15.0. The molecule has 1 unspecified atom stereocenters. The minimum absolute atomic E-state index is 0.0159. The molecule has 2 fully saturated rings. The van der Waals surface area contributed by atoms with E-state index in [1.165, 1.54) is 18.5 Å². The van der Waals surface area contributed by atoms with Crippen LogP contribution in [0, 0.1) is 0 Å². The number of likely N-dealkylation sites (tertiary alicyclic amines) is 1. The van der Waals surface area contributed by atoms with Gasteiger partial charge in [-0.05, 0) is 65.6 Å². The molecule has 1 amide bonds. The Kier molecular flexibility index (Phi) is 4.50. The fourth-order valence-corrected chi connectivity index (χ4v) is 3.43. The van der Waals surface area contributed by atoms with Crippen molar-refractivity contribution in [2.45, 2.75) is 70.9 Å². The number of rotatable bonds is 4. The van der Waals surface area contributed by atoms with Crippen molar-refractivity contribution in [3.05, 3.63) is 17.5 Å². The first-order valence-electron chi connectivity index (χ1n) is 9.02. The topological polar surface area (TPSA) is 50.2 Å². The number of piperidine rings is 1. The Balaban J connectivity index is 1.72. The molecule has 1 N–H and O–H groups in total. The Morgan fingerprint density at radius 3 is 2.70 bits per heavy atom. The van der Waals surface area contributed by atoms with Gasteiger partial charge in [0, 0.05) is 24.2 Å². The molecule has 1 saturated carbocycles. The molecule has 5 heteroatoms. The van der Waals surface area contributed by atoms with Gasteiger partial charge in [-0.15, -0.1) is 0 Å². The number of likely N-dealkylation sites (N-methyl/N-ethyl adjacent to an activating group) is 1. The largest absolute Gasteiger partial charge is 0.347 e. The molecular formula is C18H30N4O. The number of hydrogen-bond donors (Lipinski definition) is 1. The third-order valence-electron chi connectivity index (χ3n) is 4.89. The van der Waals surface area contributed by atoms with E-state index < -0.39 is 0 Å². The predicted octanol–water partition coefficient (Wildman–Crippen LogP) is 2.73. The third-order valence-corrected chi connectivity index (χ3v) is 4.89. The van der Waals surface area contributed by atoms with Gasteiger partial charge in [0.2, 0.25) is 0 Å². The van der Waals surface area contributed by atoms with Crippen LogP contribution in [0.1, 0.15) is 75.5 Å². The Hall–Kier alpha value is -1.36. The number of amides is 1. The molecule has 1 aromatic heterocycles. The number of carbonyl (C=O) groups is 1. The summed E-state index contributed by atoms with van der Waals surface area (Å²) in [6.07, 6.45) is 4.66. The van der Waals surface area contributed by atoms with Crippen molar-refractivity contribution in [3.63, 3.8) is 0 Å². The summed E-state index contributed by atoms with van der Waals surface area (Å²) in [6, 6.07) is 2.26. The number of nitrogens with zero attached hydrogens (tertiary/aromatic N) is 3. The molecule has 5 nitrogen and oxygen atoms in total. The van der Waals surface area contributed by atoms with Crippen molar-refractivity contribution in [3.8, 4) is 0 Å². The summed E-state index contributed by atoms with van der Waals surface area (Å²) in [5, 5.41) is 7.83. The summed E-state index contributed by atoms with van der Waals surface area (Å²) in [6.45, 7) is 11.8. The van der Waals surface area contributed by atoms with E-state index in [9.17, 15) is 4.79 Å². The second-order valence-corrected chi connectivity index (χ2v) is 8.02. The van der Waals surface area contributed by atoms with Gasteiger partial charge in [-0.2, -0.15) is 5.10 Å². The molecule has 1 atom stereocenters. The maximum absolute atomic E-state index is 12.6. The van der Waals surface area contributed by atoms with Crippen LogP contribution >= 0.6 is 0 Å². The molecule has 128 valence electrons. The molecule has 0 aromatic carbocycles. The van der Waals surface area contributed by atoms with Gasteiger partial charge in [-0.1, -0.05) is 6.92 Å². The molecule has 2 heterocycles. The Labute approximate surface area is 139 Å². The summed E-state index contributed by atoms with van der Waals surface area (Å²) in [5.41, 5.74) is 1.72. The normalized spacial score (nSPS) is 23.0. The summed E-state index contributed by atoms with van der Waals surface area (Å²) >= 11 is 0. The minimum atomic E-state index is -0.0830. The van der Waals surface area contributed by atoms with Crippen LogP contribution in [0.5, 0.6) is 0 Å². The lowest BCUT2D eigenvalue weighted by Gasteiger charge is -2.32. The lowest BCUT2D eigenvalue weighted by atomic mass is 10.1. The van der Waals surface area contributed by atoms with E-state index in [0.717, 1.165) is 32.5 Å². The molecule has 1 aliphatic carbocycles. The quantitative estimate of drug-likeness (QED) is 0.928. The van der Waals surface area contributed by atoms with E-state index in [4.69, 9.17) is 0 Å². The zero-order chi connectivity index (χ0) is 16.6. The molecule has 1 aliphatic heterocycles. The third kappa shape index (κ3) is 3.77. The fraction of sp³-hybridized carbons (Fsp3) is 0.778. The molecule has 1 aromatic rings. The van der Waals surface area contributed by atoms with Gasteiger partial charge in [-0.25, -0.2) is 0 Å². The molecule has 3 rings (SSSR count). The Morgan fingerprint density at radius 2 is 2.09 bits per heavy atom. The van der Waals surface area contributed by atoms with Crippen LogP contribution in [-0.4, -0.2) is 46.3 Å². The zero-order valence-corrected chi connectivity index (χ0v) is 14.9. The molecule has 23 heavy (non-hydrogen) atoms. The summed E-state index contributed by atoms with van der Waals surface area (Å²) in [7, 11) is 0. The molecule has 0 bridgehead atoms. The van der Waals surface area contributed by atoms with Crippen molar-refractivity contribution in [2.75, 3.05) is 19.6 Å². The SMILES string of the molecule is CCN1CCCC(NC(=O)c2cc(C3CC3)n(C(C)(C)C)n2)C1. The highest BCUT2D eigenvalue weighted by Gasteiger charge is 2.33. The van der Waals surface area contributed by atoms with Crippen LogP contribution in [0.2, 0.25) is 0 Å². The van der Waals surface area contributed by atoms with Gasteiger partial charge in [0.1, 0.15) is 5.69 Å². The summed E-state index contributed by atoms with van der Waals surface area (Å²) in [5.74, 6) is 0.575. The van der Waals surface area contributed by atoms with E-state index in [0.29, 0.717) is 11.6 Å². The first-order valence-corrected chi connectivity index (χ1v) is 9.02. The van der Waals surface area contributed by atoms with E-state index in [2.05, 4.69) is 47.7 Å². The van der Waals surface area contributed by atoms with Crippen LogP contribution in [0.4, 0.5) is 0 Å². The van der Waals surface area contributed by atoms with Crippen LogP contribution in [0.15, 0.2) is 6.07 Å². The number of hydrogen-bond acceptors (Lipinski definition) is 3. The lowest BCUT2D eigenvalue weighted by molar-refractivity contribution is 0.0899. The van der Waals surface area contributed by atoms with Crippen LogP contribution in [0.25, 0.3) is 0 Å². The maximum atomic E-state index is 12.6. The molecular weight excluding hydrogens is 288 g/mol. The van der Waals surface area contributed by atoms with Gasteiger partial charge >= 0.3 is 0 Å². The van der Waals surface area contributed by atoms with Crippen molar-refractivity contribution in [2.24, 2.45) is 0 Å². The van der Waals surface area contributed by atoms with Gasteiger partial charge in [-0.3, -0.25) is 9.48 Å². The first kappa shape index (κ1) is 16.5. The van der Waals surface area contributed by atoms with Gasteiger partial charge in [0.15, 0.2) is 0 Å². The Morgan fingerprint density at radius 1 is 1.35 bits per heavy atom. The second kappa shape index (κ2) is 6.27. The van der Waals surface area contributed by atoms with Crippen LogP contribution in [0.3, 0.4) is 0 Å². The van der Waals surface area contributed by atoms with E-state index in [1.54, 1.807) is 0 Å².